The summed E-state index contributed by atoms with van der Waals surface area (Å²) in [4.78, 5) is 35.8. The number of carbonyl (C=O) groups is 2. The first-order chi connectivity index (χ1) is 18.4. The van der Waals surface area contributed by atoms with Crippen LogP contribution >= 0.6 is 0 Å². The van der Waals surface area contributed by atoms with Crippen molar-refractivity contribution in [3.8, 4) is 0 Å². The number of amides is 2. The lowest BCUT2D eigenvalue weighted by atomic mass is 9.78. The molecule has 0 unspecified atom stereocenters. The molecule has 0 aliphatic carbocycles. The number of likely N-dealkylation sites (tertiary alicyclic amines) is 1. The summed E-state index contributed by atoms with van der Waals surface area (Å²) >= 11 is 0. The summed E-state index contributed by atoms with van der Waals surface area (Å²) in [6, 6.07) is 11.4. The molecule has 2 atom stereocenters. The van der Waals surface area contributed by atoms with Crippen LogP contribution in [0.25, 0.3) is 10.8 Å². The summed E-state index contributed by atoms with van der Waals surface area (Å²) in [5, 5.41) is 13.8. The van der Waals surface area contributed by atoms with Gasteiger partial charge in [0.1, 0.15) is 11.9 Å². The average Bonchev–Trinajstić information content (AvgIpc) is 3.59. The first kappa shape index (κ1) is 27.3. The van der Waals surface area contributed by atoms with Crippen LogP contribution in [-0.2, 0) is 14.1 Å². The molecule has 2 saturated heterocycles. The number of nitrogens with zero attached hydrogens (tertiary/aromatic N) is 3. The van der Waals surface area contributed by atoms with Gasteiger partial charge in [-0.25, -0.2) is 9.79 Å². The summed E-state index contributed by atoms with van der Waals surface area (Å²) < 4.78 is 12.4. The van der Waals surface area contributed by atoms with Gasteiger partial charge in [0.25, 0.3) is 0 Å². The molecule has 2 N–H and O–H groups in total. The van der Waals surface area contributed by atoms with E-state index >= 15 is 0 Å². The number of fused-ring (bicyclic) bond motifs is 1. The molecule has 2 aromatic rings. The van der Waals surface area contributed by atoms with E-state index < -0.39 is 30.5 Å². The summed E-state index contributed by atoms with van der Waals surface area (Å²) in [6.45, 7) is 12.9. The minimum atomic E-state index is -1.20. The Morgan fingerprint density at radius 2 is 1.74 bits per heavy atom. The lowest BCUT2D eigenvalue weighted by Crippen LogP contribution is -2.53. The molecule has 0 radical (unpaired) electrons. The summed E-state index contributed by atoms with van der Waals surface area (Å²) in [5.74, 6) is 0.261. The SMILES string of the molecule is CC(C)[C@H](NC(=O)O)C(=O)N1CCC[C@H]1C1=NCC(c2ccc3cc(B4OC(C)(C)C(C)(C)O4)ccc3c2)=N1. The van der Waals surface area contributed by atoms with E-state index in [1.807, 2.05) is 19.9 Å². The van der Waals surface area contributed by atoms with Gasteiger partial charge in [0.15, 0.2) is 0 Å². The third-order valence-electron chi connectivity index (χ3n) is 8.41. The van der Waals surface area contributed by atoms with Gasteiger partial charge in [0.05, 0.1) is 29.5 Å². The second-order valence-corrected chi connectivity index (χ2v) is 12.0. The molecule has 206 valence electrons. The highest BCUT2D eigenvalue weighted by molar-refractivity contribution is 6.62. The Labute approximate surface area is 229 Å². The Hall–Kier alpha value is -3.24. The molecular formula is C29H37BN4O5. The number of aliphatic imine (C=N–C) groups is 2. The van der Waals surface area contributed by atoms with Crippen LogP contribution in [0.4, 0.5) is 4.79 Å². The molecule has 0 spiro atoms. The fraction of sp³-hybridized carbons (Fsp3) is 0.517. The van der Waals surface area contributed by atoms with Crippen molar-refractivity contribution in [2.45, 2.75) is 77.7 Å². The quantitative estimate of drug-likeness (QED) is 0.552. The van der Waals surface area contributed by atoms with Crippen molar-refractivity contribution < 1.29 is 24.0 Å². The van der Waals surface area contributed by atoms with Gasteiger partial charge in [-0.1, -0.05) is 44.2 Å². The van der Waals surface area contributed by atoms with E-state index in [1.54, 1.807) is 4.90 Å². The maximum absolute atomic E-state index is 13.3. The van der Waals surface area contributed by atoms with Crippen molar-refractivity contribution in [2.75, 3.05) is 13.1 Å². The summed E-state index contributed by atoms with van der Waals surface area (Å²) in [7, 11) is -0.410. The Kier molecular flexibility index (Phi) is 7.05. The lowest BCUT2D eigenvalue weighted by Gasteiger charge is -2.32. The molecule has 0 bridgehead atoms. The van der Waals surface area contributed by atoms with Crippen molar-refractivity contribution in [1.29, 1.82) is 0 Å². The smallest absolute Gasteiger partial charge is 0.465 e. The van der Waals surface area contributed by atoms with Gasteiger partial charge in [0.2, 0.25) is 5.91 Å². The molecule has 3 aliphatic rings. The van der Waals surface area contributed by atoms with Gasteiger partial charge in [-0.15, -0.1) is 0 Å². The molecule has 2 fully saturated rings. The van der Waals surface area contributed by atoms with Crippen LogP contribution in [0.1, 0.15) is 59.9 Å². The molecule has 2 aromatic carbocycles. The molecule has 3 aliphatic heterocycles. The predicted octanol–water partition coefficient (Wildman–Crippen LogP) is 3.62. The van der Waals surface area contributed by atoms with Crippen LogP contribution in [0.15, 0.2) is 46.4 Å². The van der Waals surface area contributed by atoms with E-state index in [4.69, 9.17) is 19.3 Å². The molecule has 9 nitrogen and oxygen atoms in total. The van der Waals surface area contributed by atoms with Crippen LogP contribution in [0.3, 0.4) is 0 Å². The Bertz CT molecular complexity index is 1350. The fourth-order valence-electron chi connectivity index (χ4n) is 5.39. The molecule has 3 heterocycles. The van der Waals surface area contributed by atoms with Gasteiger partial charge < -0.3 is 24.6 Å². The number of carboxylic acid groups (broad SMARTS) is 1. The zero-order chi connectivity index (χ0) is 28.1. The third-order valence-corrected chi connectivity index (χ3v) is 8.41. The molecule has 0 saturated carbocycles. The normalized spacial score (nSPS) is 22.8. The largest absolute Gasteiger partial charge is 0.494 e. The summed E-state index contributed by atoms with van der Waals surface area (Å²) in [6.07, 6.45) is 0.397. The second-order valence-electron chi connectivity index (χ2n) is 12.0. The summed E-state index contributed by atoms with van der Waals surface area (Å²) in [5.41, 5.74) is 2.06. The highest BCUT2D eigenvalue weighted by Gasteiger charge is 2.51. The zero-order valence-corrected chi connectivity index (χ0v) is 23.5. The van der Waals surface area contributed by atoms with Gasteiger partial charge in [-0.2, -0.15) is 0 Å². The Morgan fingerprint density at radius 3 is 2.41 bits per heavy atom. The van der Waals surface area contributed by atoms with Gasteiger partial charge in [0, 0.05) is 6.54 Å². The van der Waals surface area contributed by atoms with Crippen molar-refractivity contribution in [3.05, 3.63) is 42.0 Å². The highest BCUT2D eigenvalue weighted by atomic mass is 16.7. The first-order valence-corrected chi connectivity index (χ1v) is 13.7. The first-order valence-electron chi connectivity index (χ1n) is 13.7. The number of rotatable bonds is 6. The van der Waals surface area contributed by atoms with Crippen molar-refractivity contribution in [2.24, 2.45) is 15.9 Å². The van der Waals surface area contributed by atoms with Crippen LogP contribution < -0.4 is 10.8 Å². The molecule has 39 heavy (non-hydrogen) atoms. The predicted molar refractivity (Wildman–Crippen MR) is 153 cm³/mol. The van der Waals surface area contributed by atoms with Crippen LogP contribution in [0, 0.1) is 5.92 Å². The second kappa shape index (κ2) is 10.1. The number of hydrogen-bond donors (Lipinski definition) is 2. The van der Waals surface area contributed by atoms with Crippen molar-refractivity contribution in [3.63, 3.8) is 0 Å². The van der Waals surface area contributed by atoms with Gasteiger partial charge in [-0.3, -0.25) is 9.79 Å². The number of benzene rings is 2. The monoisotopic (exact) mass is 532 g/mol. The standard InChI is InChI=1S/C29H37BN4O5/c1-17(2)24(33-27(36)37)26(35)34-13-7-8-23(34)25-31-16-22(32-25)20-10-9-19-15-21(12-11-18(19)14-20)30-38-28(3,4)29(5,6)39-30/h9-12,14-15,17,23-24,33H,7-8,13,16H2,1-6H3,(H,36,37)/t23-,24-/m0/s1. The Balaban J connectivity index is 1.33. The average molecular weight is 532 g/mol. The minimum absolute atomic E-state index is 0.165. The topological polar surface area (TPSA) is 113 Å². The van der Waals surface area contributed by atoms with E-state index in [1.165, 1.54) is 0 Å². The molecule has 0 aromatic heterocycles. The maximum Gasteiger partial charge on any atom is 0.494 e. The van der Waals surface area contributed by atoms with Gasteiger partial charge >= 0.3 is 13.2 Å². The van der Waals surface area contributed by atoms with E-state index in [0.29, 0.717) is 18.9 Å². The zero-order valence-electron chi connectivity index (χ0n) is 23.5. The molecule has 5 rings (SSSR count). The third kappa shape index (κ3) is 5.19. The van der Waals surface area contributed by atoms with E-state index in [2.05, 4.69) is 63.3 Å². The number of hydrogen-bond acceptors (Lipinski definition) is 6. The molecule has 10 heteroatoms. The number of carbonyl (C=O) groups excluding carboxylic acids is 1. The van der Waals surface area contributed by atoms with Crippen LogP contribution in [0.5, 0.6) is 0 Å². The van der Waals surface area contributed by atoms with Crippen LogP contribution in [-0.4, -0.2) is 77.0 Å². The van der Waals surface area contributed by atoms with Crippen LogP contribution in [0.2, 0.25) is 0 Å². The van der Waals surface area contributed by atoms with Crippen molar-refractivity contribution in [1.82, 2.24) is 10.2 Å². The Morgan fingerprint density at radius 1 is 1.08 bits per heavy atom. The lowest BCUT2D eigenvalue weighted by molar-refractivity contribution is -0.134. The van der Waals surface area contributed by atoms with Crippen molar-refractivity contribution >= 4 is 46.9 Å². The van der Waals surface area contributed by atoms with E-state index in [-0.39, 0.29) is 17.9 Å². The molecule has 2 amide bonds. The molecular weight excluding hydrogens is 495 g/mol. The number of nitrogens with one attached hydrogen (secondary N) is 1. The van der Waals surface area contributed by atoms with E-state index in [0.717, 1.165) is 40.4 Å². The highest BCUT2D eigenvalue weighted by Crippen LogP contribution is 2.36. The minimum Gasteiger partial charge on any atom is -0.465 e. The number of amidine groups is 1. The van der Waals surface area contributed by atoms with E-state index in [9.17, 15) is 14.7 Å². The fourth-order valence-corrected chi connectivity index (χ4v) is 5.39. The maximum atomic E-state index is 13.3. The van der Waals surface area contributed by atoms with Gasteiger partial charge in [-0.05, 0) is 74.3 Å².